The molecule has 1 N–H and O–H groups in total. The number of hydrogen-bond acceptors (Lipinski definition) is 3. The lowest BCUT2D eigenvalue weighted by Crippen LogP contribution is -2.32. The summed E-state index contributed by atoms with van der Waals surface area (Å²) in [5.74, 6) is -2.66. The number of ether oxygens (including phenoxy) is 1. The maximum absolute atomic E-state index is 11.4. The Bertz CT molecular complexity index is 229. The minimum atomic E-state index is -1.05. The molecule has 0 saturated heterocycles. The van der Waals surface area contributed by atoms with E-state index in [1.165, 1.54) is 7.11 Å². The SMILES string of the molecule is COC(=O)C(C(=O)O)C1CCCCCC1. The van der Waals surface area contributed by atoms with Crippen LogP contribution in [0.15, 0.2) is 0 Å². The third kappa shape index (κ3) is 3.22. The van der Waals surface area contributed by atoms with Gasteiger partial charge in [0.1, 0.15) is 0 Å². The van der Waals surface area contributed by atoms with E-state index in [9.17, 15) is 9.59 Å². The Hall–Kier alpha value is -1.06. The van der Waals surface area contributed by atoms with E-state index < -0.39 is 17.9 Å². The first-order valence-corrected chi connectivity index (χ1v) is 5.47. The zero-order valence-electron chi connectivity index (χ0n) is 9.07. The Morgan fingerprint density at radius 1 is 1.20 bits per heavy atom. The van der Waals surface area contributed by atoms with Crippen LogP contribution in [-0.2, 0) is 14.3 Å². The standard InChI is InChI=1S/C11H18O4/c1-15-11(14)9(10(12)13)8-6-4-2-3-5-7-8/h8-9H,2-7H2,1H3,(H,12,13). The molecule has 4 heteroatoms. The zero-order valence-corrected chi connectivity index (χ0v) is 9.07. The van der Waals surface area contributed by atoms with E-state index in [4.69, 9.17) is 5.11 Å². The zero-order chi connectivity index (χ0) is 11.3. The van der Waals surface area contributed by atoms with Gasteiger partial charge in [0.15, 0.2) is 5.92 Å². The van der Waals surface area contributed by atoms with Crippen molar-refractivity contribution in [2.24, 2.45) is 11.8 Å². The first-order chi connectivity index (χ1) is 7.16. The quantitative estimate of drug-likeness (QED) is 0.442. The van der Waals surface area contributed by atoms with Gasteiger partial charge in [-0.05, 0) is 18.8 Å². The monoisotopic (exact) mass is 214 g/mol. The fourth-order valence-corrected chi connectivity index (χ4v) is 2.27. The van der Waals surface area contributed by atoms with Crippen molar-refractivity contribution in [3.63, 3.8) is 0 Å². The van der Waals surface area contributed by atoms with E-state index >= 15 is 0 Å². The molecular weight excluding hydrogens is 196 g/mol. The third-order valence-corrected chi connectivity index (χ3v) is 3.09. The molecule has 1 aliphatic carbocycles. The molecule has 4 nitrogen and oxygen atoms in total. The summed E-state index contributed by atoms with van der Waals surface area (Å²) in [5, 5.41) is 9.02. The molecule has 86 valence electrons. The number of methoxy groups -OCH3 is 1. The van der Waals surface area contributed by atoms with Crippen molar-refractivity contribution in [3.8, 4) is 0 Å². The second-order valence-electron chi connectivity index (χ2n) is 4.09. The summed E-state index contributed by atoms with van der Waals surface area (Å²) >= 11 is 0. The van der Waals surface area contributed by atoms with Crippen LogP contribution in [0.25, 0.3) is 0 Å². The predicted molar refractivity (Wildman–Crippen MR) is 54.3 cm³/mol. The highest BCUT2D eigenvalue weighted by molar-refractivity contribution is 5.94. The van der Waals surface area contributed by atoms with Gasteiger partial charge >= 0.3 is 11.9 Å². The fourth-order valence-electron chi connectivity index (χ4n) is 2.27. The topological polar surface area (TPSA) is 63.6 Å². The van der Waals surface area contributed by atoms with E-state index in [1.807, 2.05) is 0 Å². The minimum Gasteiger partial charge on any atom is -0.481 e. The number of esters is 1. The molecule has 0 heterocycles. The van der Waals surface area contributed by atoms with Crippen molar-refractivity contribution in [2.45, 2.75) is 38.5 Å². The van der Waals surface area contributed by atoms with E-state index in [2.05, 4.69) is 4.74 Å². The first-order valence-electron chi connectivity index (χ1n) is 5.47. The number of carbonyl (C=O) groups excluding carboxylic acids is 1. The van der Waals surface area contributed by atoms with Crippen LogP contribution >= 0.6 is 0 Å². The van der Waals surface area contributed by atoms with E-state index in [0.717, 1.165) is 38.5 Å². The molecule has 1 aliphatic rings. The molecule has 15 heavy (non-hydrogen) atoms. The predicted octanol–water partition coefficient (Wildman–Crippen LogP) is 1.83. The molecule has 0 radical (unpaired) electrons. The molecule has 0 amide bonds. The smallest absolute Gasteiger partial charge is 0.320 e. The van der Waals surface area contributed by atoms with E-state index in [-0.39, 0.29) is 5.92 Å². The van der Waals surface area contributed by atoms with Crippen molar-refractivity contribution in [2.75, 3.05) is 7.11 Å². The maximum Gasteiger partial charge on any atom is 0.320 e. The van der Waals surface area contributed by atoms with Crippen LogP contribution in [0.2, 0.25) is 0 Å². The Morgan fingerprint density at radius 2 is 1.73 bits per heavy atom. The number of rotatable bonds is 3. The number of hydrogen-bond donors (Lipinski definition) is 1. The lowest BCUT2D eigenvalue weighted by molar-refractivity contribution is -0.159. The van der Waals surface area contributed by atoms with Gasteiger partial charge in [0.2, 0.25) is 0 Å². The normalized spacial score (nSPS) is 20.3. The molecule has 0 aliphatic heterocycles. The van der Waals surface area contributed by atoms with Crippen LogP contribution in [0.5, 0.6) is 0 Å². The van der Waals surface area contributed by atoms with Crippen LogP contribution in [0.1, 0.15) is 38.5 Å². The van der Waals surface area contributed by atoms with Crippen molar-refractivity contribution in [3.05, 3.63) is 0 Å². The van der Waals surface area contributed by atoms with E-state index in [1.54, 1.807) is 0 Å². The molecule has 0 aromatic rings. The highest BCUT2D eigenvalue weighted by atomic mass is 16.5. The van der Waals surface area contributed by atoms with Gasteiger partial charge in [-0.1, -0.05) is 25.7 Å². The molecule has 1 rings (SSSR count). The molecule has 0 bridgehead atoms. The molecule has 1 saturated carbocycles. The highest BCUT2D eigenvalue weighted by Crippen LogP contribution is 2.29. The van der Waals surface area contributed by atoms with E-state index in [0.29, 0.717) is 0 Å². The summed E-state index contributed by atoms with van der Waals surface area (Å²) in [4.78, 5) is 22.4. The van der Waals surface area contributed by atoms with Crippen molar-refractivity contribution < 1.29 is 19.4 Å². The summed E-state index contributed by atoms with van der Waals surface area (Å²) in [5.41, 5.74) is 0. The Morgan fingerprint density at radius 3 is 2.13 bits per heavy atom. The van der Waals surface area contributed by atoms with Gasteiger partial charge in [0.25, 0.3) is 0 Å². The lowest BCUT2D eigenvalue weighted by Gasteiger charge is -2.19. The highest BCUT2D eigenvalue weighted by Gasteiger charge is 2.35. The van der Waals surface area contributed by atoms with Gasteiger partial charge < -0.3 is 9.84 Å². The summed E-state index contributed by atoms with van der Waals surface area (Å²) in [6.07, 6.45) is 5.98. The van der Waals surface area contributed by atoms with Gasteiger partial charge in [0, 0.05) is 0 Å². The minimum absolute atomic E-state index is 0.0440. The number of carboxylic acids is 1. The van der Waals surface area contributed by atoms with Crippen LogP contribution in [0, 0.1) is 11.8 Å². The summed E-state index contributed by atoms with van der Waals surface area (Å²) in [7, 11) is 1.25. The lowest BCUT2D eigenvalue weighted by atomic mass is 9.86. The maximum atomic E-state index is 11.4. The molecular formula is C11H18O4. The molecule has 0 spiro atoms. The Labute approximate surface area is 89.6 Å². The Balaban J connectivity index is 2.68. The molecule has 1 fully saturated rings. The summed E-state index contributed by atoms with van der Waals surface area (Å²) in [6, 6.07) is 0. The third-order valence-electron chi connectivity index (χ3n) is 3.09. The van der Waals surface area contributed by atoms with Crippen molar-refractivity contribution in [1.29, 1.82) is 0 Å². The summed E-state index contributed by atoms with van der Waals surface area (Å²) < 4.78 is 4.55. The first kappa shape index (κ1) is 12.0. The number of carbonyl (C=O) groups is 2. The van der Waals surface area contributed by atoms with Crippen LogP contribution < -0.4 is 0 Å². The number of aliphatic carboxylic acids is 1. The van der Waals surface area contributed by atoms with Crippen LogP contribution in [0.4, 0.5) is 0 Å². The molecule has 1 unspecified atom stereocenters. The molecule has 1 atom stereocenters. The second-order valence-corrected chi connectivity index (χ2v) is 4.09. The largest absolute Gasteiger partial charge is 0.481 e. The second kappa shape index (κ2) is 5.73. The van der Waals surface area contributed by atoms with Gasteiger partial charge in [-0.2, -0.15) is 0 Å². The average molecular weight is 214 g/mol. The fraction of sp³-hybridized carbons (Fsp3) is 0.818. The van der Waals surface area contributed by atoms with Gasteiger partial charge in [-0.15, -0.1) is 0 Å². The van der Waals surface area contributed by atoms with Gasteiger partial charge in [-0.3, -0.25) is 9.59 Å². The average Bonchev–Trinajstić information content (AvgIpc) is 2.46. The summed E-state index contributed by atoms with van der Waals surface area (Å²) in [6.45, 7) is 0. The van der Waals surface area contributed by atoms with Gasteiger partial charge in [-0.25, -0.2) is 0 Å². The number of carboxylic acid groups (broad SMARTS) is 1. The van der Waals surface area contributed by atoms with Crippen molar-refractivity contribution >= 4 is 11.9 Å². The molecule has 0 aromatic heterocycles. The van der Waals surface area contributed by atoms with Crippen LogP contribution in [0.3, 0.4) is 0 Å². The van der Waals surface area contributed by atoms with Crippen molar-refractivity contribution in [1.82, 2.24) is 0 Å². The van der Waals surface area contributed by atoms with Gasteiger partial charge in [0.05, 0.1) is 7.11 Å². The molecule has 0 aromatic carbocycles. The van der Waals surface area contributed by atoms with Crippen LogP contribution in [-0.4, -0.2) is 24.2 Å². The Kier molecular flexibility index (Phi) is 4.59.